The highest BCUT2D eigenvalue weighted by Gasteiger charge is 2.33. The topological polar surface area (TPSA) is 76.1 Å². The van der Waals surface area contributed by atoms with Crippen molar-refractivity contribution in [2.45, 2.75) is 53.1 Å². The van der Waals surface area contributed by atoms with Crippen LogP contribution in [0.2, 0.25) is 0 Å². The van der Waals surface area contributed by atoms with Crippen LogP contribution in [-0.2, 0) is 14.3 Å². The smallest absolute Gasteiger partial charge is 0.340 e. The number of hydrogen-bond acceptors (Lipinski definition) is 5. The Kier molecular flexibility index (Phi) is 6.19. The maximum absolute atomic E-state index is 12.6. The van der Waals surface area contributed by atoms with Gasteiger partial charge in [-0.1, -0.05) is 32.9 Å². The largest absolute Gasteiger partial charge is 0.462 e. The van der Waals surface area contributed by atoms with E-state index in [1.54, 1.807) is 45.9 Å². The first-order chi connectivity index (χ1) is 11.8. The molecule has 1 atom stereocenters. The summed E-state index contributed by atoms with van der Waals surface area (Å²) < 4.78 is 11.0. The molecule has 1 saturated heterocycles. The molecule has 138 valence electrons. The summed E-state index contributed by atoms with van der Waals surface area (Å²) in [6.45, 7) is 7.66. The molecule has 0 saturated carbocycles. The van der Waals surface area contributed by atoms with Gasteiger partial charge in [-0.3, -0.25) is 10.0 Å². The van der Waals surface area contributed by atoms with Gasteiger partial charge in [-0.15, -0.1) is 0 Å². The molecule has 1 heterocycles. The molecule has 1 amide bonds. The van der Waals surface area contributed by atoms with E-state index in [0.29, 0.717) is 17.2 Å². The fourth-order valence-corrected chi connectivity index (χ4v) is 2.84. The number of anilines is 1. The van der Waals surface area contributed by atoms with Crippen LogP contribution in [0.5, 0.6) is 0 Å². The van der Waals surface area contributed by atoms with E-state index in [2.05, 4.69) is 0 Å². The van der Waals surface area contributed by atoms with Crippen molar-refractivity contribution in [2.24, 2.45) is 5.41 Å². The monoisotopic (exact) mass is 349 g/mol. The van der Waals surface area contributed by atoms with Crippen molar-refractivity contribution in [3.05, 3.63) is 29.3 Å². The highest BCUT2D eigenvalue weighted by molar-refractivity contribution is 6.03. The number of benzene rings is 1. The van der Waals surface area contributed by atoms with E-state index in [-0.39, 0.29) is 24.0 Å². The molecular formula is C19H27NO5. The van der Waals surface area contributed by atoms with E-state index in [4.69, 9.17) is 9.47 Å². The van der Waals surface area contributed by atoms with Crippen molar-refractivity contribution in [2.75, 3.05) is 18.3 Å². The summed E-state index contributed by atoms with van der Waals surface area (Å²) in [5.41, 5.74) is 0.177. The number of carbonyl (C=O) groups is 2. The Balaban J connectivity index is 2.51. The van der Waals surface area contributed by atoms with Crippen molar-refractivity contribution in [3.63, 3.8) is 0 Å². The Morgan fingerprint density at radius 1 is 1.32 bits per heavy atom. The van der Waals surface area contributed by atoms with Crippen LogP contribution in [0, 0.1) is 5.41 Å². The Bertz CT molecular complexity index is 629. The second kappa shape index (κ2) is 7.97. The molecular weight excluding hydrogens is 322 g/mol. The molecule has 6 nitrogen and oxygen atoms in total. The SMILES string of the molecule is CCOC(=O)c1c(C2CCCCO2)cccc1N(O)C(=O)C(C)(C)C. The van der Waals surface area contributed by atoms with E-state index in [0.717, 1.165) is 19.3 Å². The van der Waals surface area contributed by atoms with Gasteiger partial charge in [-0.05, 0) is 37.8 Å². The Labute approximate surface area is 148 Å². The van der Waals surface area contributed by atoms with Gasteiger partial charge in [0.2, 0.25) is 0 Å². The molecule has 6 heteroatoms. The van der Waals surface area contributed by atoms with Crippen molar-refractivity contribution in [3.8, 4) is 0 Å². The Morgan fingerprint density at radius 2 is 2.04 bits per heavy atom. The maximum Gasteiger partial charge on any atom is 0.340 e. The maximum atomic E-state index is 12.6. The van der Waals surface area contributed by atoms with E-state index < -0.39 is 17.3 Å². The van der Waals surface area contributed by atoms with Crippen LogP contribution in [0.3, 0.4) is 0 Å². The van der Waals surface area contributed by atoms with Gasteiger partial charge in [0, 0.05) is 12.0 Å². The van der Waals surface area contributed by atoms with Crippen LogP contribution < -0.4 is 5.06 Å². The van der Waals surface area contributed by atoms with Gasteiger partial charge in [0.15, 0.2) is 0 Å². The van der Waals surface area contributed by atoms with Crippen LogP contribution >= 0.6 is 0 Å². The Morgan fingerprint density at radius 3 is 2.60 bits per heavy atom. The molecule has 25 heavy (non-hydrogen) atoms. The summed E-state index contributed by atoms with van der Waals surface area (Å²) in [6, 6.07) is 5.05. The number of hydroxylamine groups is 1. The number of rotatable bonds is 4. The van der Waals surface area contributed by atoms with E-state index in [9.17, 15) is 14.8 Å². The second-order valence-electron chi connectivity index (χ2n) is 7.18. The summed E-state index contributed by atoms with van der Waals surface area (Å²) in [7, 11) is 0. The quantitative estimate of drug-likeness (QED) is 0.507. The molecule has 0 radical (unpaired) electrons. The van der Waals surface area contributed by atoms with Gasteiger partial charge in [-0.25, -0.2) is 4.79 Å². The average molecular weight is 349 g/mol. The summed E-state index contributed by atoms with van der Waals surface area (Å²) in [5.74, 6) is -1.07. The van der Waals surface area contributed by atoms with Crippen molar-refractivity contribution >= 4 is 17.6 Å². The first kappa shape index (κ1) is 19.4. The summed E-state index contributed by atoms with van der Waals surface area (Å²) in [6.07, 6.45) is 2.53. The lowest BCUT2D eigenvalue weighted by Crippen LogP contribution is -2.38. The van der Waals surface area contributed by atoms with Crippen LogP contribution in [0.25, 0.3) is 0 Å². The second-order valence-corrected chi connectivity index (χ2v) is 7.18. The van der Waals surface area contributed by atoms with Crippen LogP contribution in [0.4, 0.5) is 5.69 Å². The molecule has 1 aliphatic heterocycles. The molecule has 1 fully saturated rings. The highest BCUT2D eigenvalue weighted by Crippen LogP contribution is 2.35. The van der Waals surface area contributed by atoms with Gasteiger partial charge >= 0.3 is 5.97 Å². The minimum absolute atomic E-state index is 0.130. The minimum atomic E-state index is -0.794. The minimum Gasteiger partial charge on any atom is -0.462 e. The zero-order valence-electron chi connectivity index (χ0n) is 15.4. The average Bonchev–Trinajstić information content (AvgIpc) is 2.60. The molecule has 0 aliphatic carbocycles. The van der Waals surface area contributed by atoms with E-state index in [1.807, 2.05) is 0 Å². The molecule has 1 N–H and O–H groups in total. The normalized spacial score (nSPS) is 17.9. The third kappa shape index (κ3) is 4.38. The lowest BCUT2D eigenvalue weighted by molar-refractivity contribution is -0.131. The molecule has 2 rings (SSSR count). The molecule has 1 aromatic carbocycles. The zero-order valence-corrected chi connectivity index (χ0v) is 15.4. The fraction of sp³-hybridized carbons (Fsp3) is 0.579. The van der Waals surface area contributed by atoms with E-state index >= 15 is 0 Å². The fourth-order valence-electron chi connectivity index (χ4n) is 2.84. The van der Waals surface area contributed by atoms with Gasteiger partial charge in [-0.2, -0.15) is 5.06 Å². The number of hydrogen-bond donors (Lipinski definition) is 1. The number of nitrogens with zero attached hydrogens (tertiary/aromatic N) is 1. The van der Waals surface area contributed by atoms with Crippen molar-refractivity contribution < 1.29 is 24.3 Å². The van der Waals surface area contributed by atoms with Crippen LogP contribution in [-0.4, -0.2) is 30.3 Å². The first-order valence-electron chi connectivity index (χ1n) is 8.72. The molecule has 1 unspecified atom stereocenters. The Hall–Kier alpha value is -1.92. The lowest BCUT2D eigenvalue weighted by Gasteiger charge is -2.29. The lowest BCUT2D eigenvalue weighted by atomic mass is 9.93. The molecule has 0 spiro atoms. The summed E-state index contributed by atoms with van der Waals surface area (Å²) in [4.78, 5) is 25.1. The van der Waals surface area contributed by atoms with Crippen molar-refractivity contribution in [1.29, 1.82) is 0 Å². The summed E-state index contributed by atoms with van der Waals surface area (Å²) >= 11 is 0. The third-order valence-corrected chi connectivity index (χ3v) is 4.14. The predicted molar refractivity (Wildman–Crippen MR) is 93.7 cm³/mol. The molecule has 1 aromatic rings. The van der Waals surface area contributed by atoms with E-state index in [1.165, 1.54) is 0 Å². The predicted octanol–water partition coefficient (Wildman–Crippen LogP) is 3.87. The van der Waals surface area contributed by atoms with Gasteiger partial charge < -0.3 is 9.47 Å². The van der Waals surface area contributed by atoms with Crippen molar-refractivity contribution in [1.82, 2.24) is 0 Å². The standard InChI is InChI=1S/C19H27NO5/c1-5-24-17(21)16-13(15-11-6-7-12-25-15)9-8-10-14(16)20(23)18(22)19(2,3)4/h8-10,15,23H,5-7,11-12H2,1-4H3. The summed E-state index contributed by atoms with van der Waals surface area (Å²) in [5, 5.41) is 11.0. The van der Waals surface area contributed by atoms with Crippen LogP contribution in [0.15, 0.2) is 18.2 Å². The van der Waals surface area contributed by atoms with Gasteiger partial charge in [0.1, 0.15) is 0 Å². The van der Waals surface area contributed by atoms with Gasteiger partial charge in [0.25, 0.3) is 5.91 Å². The first-order valence-corrected chi connectivity index (χ1v) is 8.72. The molecule has 1 aliphatic rings. The van der Waals surface area contributed by atoms with Crippen LogP contribution in [0.1, 0.15) is 69.0 Å². The zero-order chi connectivity index (χ0) is 18.6. The number of esters is 1. The van der Waals surface area contributed by atoms with Gasteiger partial charge in [0.05, 0.1) is 24.0 Å². The number of carbonyl (C=O) groups excluding carboxylic acids is 2. The highest BCUT2D eigenvalue weighted by atomic mass is 16.5. The number of ether oxygens (including phenoxy) is 2. The molecule has 0 bridgehead atoms. The third-order valence-electron chi connectivity index (χ3n) is 4.14. The molecule has 0 aromatic heterocycles. The number of amides is 1.